The number of hydrogen-bond acceptors (Lipinski definition) is 5. The van der Waals surface area contributed by atoms with Crippen LogP contribution in [0.4, 0.5) is 11.5 Å². The van der Waals surface area contributed by atoms with Gasteiger partial charge in [0.05, 0.1) is 16.7 Å². The van der Waals surface area contributed by atoms with E-state index in [9.17, 15) is 10.1 Å². The lowest BCUT2D eigenvalue weighted by Crippen LogP contribution is -2.13. The van der Waals surface area contributed by atoms with Crippen LogP contribution in [-0.2, 0) is 6.54 Å². The lowest BCUT2D eigenvalue weighted by molar-refractivity contribution is -0.384. The van der Waals surface area contributed by atoms with E-state index in [2.05, 4.69) is 15.4 Å². The maximum atomic E-state index is 11.3. The van der Waals surface area contributed by atoms with Gasteiger partial charge in [-0.1, -0.05) is 13.0 Å². The van der Waals surface area contributed by atoms with Crippen LogP contribution in [0.3, 0.4) is 0 Å². The number of aryl methyl sites for hydroxylation is 2. The molecule has 0 aliphatic carbocycles. The monoisotopic (exact) mass is 289 g/mol. The second-order valence-corrected chi connectivity index (χ2v) is 4.88. The summed E-state index contributed by atoms with van der Waals surface area (Å²) in [7, 11) is 0. The Morgan fingerprint density at radius 1 is 1.48 bits per heavy atom. The highest BCUT2D eigenvalue weighted by Crippen LogP contribution is 2.31. The molecule has 0 amide bonds. The normalized spacial score (nSPS) is 12.1. The predicted molar refractivity (Wildman–Crippen MR) is 80.2 cm³/mol. The van der Waals surface area contributed by atoms with Crippen molar-refractivity contribution in [2.75, 3.05) is 5.32 Å². The van der Waals surface area contributed by atoms with Crippen molar-refractivity contribution in [1.82, 2.24) is 14.8 Å². The van der Waals surface area contributed by atoms with Gasteiger partial charge in [-0.2, -0.15) is 5.10 Å². The Labute approximate surface area is 123 Å². The Hall–Kier alpha value is -2.44. The molecule has 1 N–H and O–H groups in total. The number of nitro groups is 1. The van der Waals surface area contributed by atoms with E-state index in [-0.39, 0.29) is 16.7 Å². The average Bonchev–Trinajstić information content (AvgIpc) is 2.76. The van der Waals surface area contributed by atoms with Gasteiger partial charge in [0.25, 0.3) is 0 Å². The van der Waals surface area contributed by atoms with E-state index in [4.69, 9.17) is 0 Å². The Kier molecular flexibility index (Phi) is 4.52. The number of nitrogens with zero attached hydrogens (tertiary/aromatic N) is 4. The lowest BCUT2D eigenvalue weighted by atomic mass is 10.2. The van der Waals surface area contributed by atoms with Gasteiger partial charge in [0.1, 0.15) is 5.69 Å². The van der Waals surface area contributed by atoms with Gasteiger partial charge in [-0.15, -0.1) is 0 Å². The summed E-state index contributed by atoms with van der Waals surface area (Å²) in [6.07, 6.45) is 2.56. The third-order valence-electron chi connectivity index (χ3n) is 3.20. The first kappa shape index (κ1) is 15.0. The second kappa shape index (κ2) is 6.34. The largest absolute Gasteiger partial charge is 0.356 e. The highest BCUT2D eigenvalue weighted by atomic mass is 16.6. The molecule has 2 rings (SSSR count). The van der Waals surface area contributed by atoms with Gasteiger partial charge in [0.2, 0.25) is 5.82 Å². The smallest absolute Gasteiger partial charge is 0.333 e. The van der Waals surface area contributed by atoms with Crippen molar-refractivity contribution in [3.8, 4) is 0 Å². The molecular weight excluding hydrogens is 270 g/mol. The van der Waals surface area contributed by atoms with Crippen molar-refractivity contribution in [2.24, 2.45) is 0 Å². The fourth-order valence-electron chi connectivity index (χ4n) is 2.22. The molecule has 0 aromatic carbocycles. The molecule has 0 spiro atoms. The molecule has 0 saturated heterocycles. The van der Waals surface area contributed by atoms with Gasteiger partial charge in [-0.3, -0.25) is 15.1 Å². The minimum absolute atomic E-state index is 0.0335. The number of anilines is 1. The first-order valence-corrected chi connectivity index (χ1v) is 6.93. The molecule has 0 aliphatic heterocycles. The van der Waals surface area contributed by atoms with Crippen LogP contribution in [-0.4, -0.2) is 19.7 Å². The number of rotatable bonds is 6. The van der Waals surface area contributed by atoms with Crippen LogP contribution in [0, 0.1) is 17.0 Å². The van der Waals surface area contributed by atoms with Crippen LogP contribution < -0.4 is 5.32 Å². The molecule has 2 aromatic rings. The predicted octanol–water partition coefficient (Wildman–Crippen LogP) is 3.08. The second-order valence-electron chi connectivity index (χ2n) is 4.88. The standard InChI is InChI=1S/C14H19N5O2/c1-4-9-18-14(13(19(20)21)11(3)17-18)16-10(2)12-7-5-6-8-15-12/h5-8,10,16H,4,9H2,1-3H3. The van der Waals surface area contributed by atoms with Gasteiger partial charge < -0.3 is 5.32 Å². The van der Waals surface area contributed by atoms with Crippen molar-refractivity contribution in [2.45, 2.75) is 39.8 Å². The Morgan fingerprint density at radius 2 is 2.24 bits per heavy atom. The summed E-state index contributed by atoms with van der Waals surface area (Å²) in [6, 6.07) is 5.47. The summed E-state index contributed by atoms with van der Waals surface area (Å²) in [6.45, 7) is 6.21. The summed E-state index contributed by atoms with van der Waals surface area (Å²) in [5, 5.41) is 18.7. The van der Waals surface area contributed by atoms with Crippen LogP contribution in [0.5, 0.6) is 0 Å². The quantitative estimate of drug-likeness (QED) is 0.652. The minimum Gasteiger partial charge on any atom is -0.356 e. The van der Waals surface area contributed by atoms with E-state index in [1.807, 2.05) is 32.0 Å². The maximum absolute atomic E-state index is 11.3. The number of aromatic nitrogens is 3. The fraction of sp³-hybridized carbons (Fsp3) is 0.429. The van der Waals surface area contributed by atoms with Gasteiger partial charge >= 0.3 is 5.69 Å². The molecule has 0 saturated carbocycles. The molecule has 2 heterocycles. The van der Waals surface area contributed by atoms with Crippen LogP contribution in [0.15, 0.2) is 24.4 Å². The molecule has 0 radical (unpaired) electrons. The van der Waals surface area contributed by atoms with Gasteiger partial charge in [-0.05, 0) is 32.4 Å². The van der Waals surface area contributed by atoms with Gasteiger partial charge in [0.15, 0.2) is 0 Å². The third kappa shape index (κ3) is 3.18. The molecular formula is C14H19N5O2. The third-order valence-corrected chi connectivity index (χ3v) is 3.20. The average molecular weight is 289 g/mol. The zero-order valence-electron chi connectivity index (χ0n) is 12.4. The Balaban J connectivity index is 2.35. The molecule has 2 aromatic heterocycles. The van der Waals surface area contributed by atoms with E-state index in [0.717, 1.165) is 12.1 Å². The van der Waals surface area contributed by atoms with Crippen molar-refractivity contribution in [1.29, 1.82) is 0 Å². The fourth-order valence-corrected chi connectivity index (χ4v) is 2.22. The molecule has 21 heavy (non-hydrogen) atoms. The topological polar surface area (TPSA) is 85.9 Å². The van der Waals surface area contributed by atoms with E-state index in [0.29, 0.717) is 18.1 Å². The summed E-state index contributed by atoms with van der Waals surface area (Å²) in [5.74, 6) is 0.442. The van der Waals surface area contributed by atoms with Crippen LogP contribution in [0.25, 0.3) is 0 Å². The first-order valence-electron chi connectivity index (χ1n) is 6.93. The molecule has 112 valence electrons. The highest BCUT2D eigenvalue weighted by molar-refractivity contribution is 5.60. The maximum Gasteiger partial charge on any atom is 0.333 e. The summed E-state index contributed by atoms with van der Waals surface area (Å²) in [5.41, 5.74) is 1.28. The van der Waals surface area contributed by atoms with Crippen molar-refractivity contribution in [3.63, 3.8) is 0 Å². The van der Waals surface area contributed by atoms with E-state index in [1.54, 1.807) is 17.8 Å². The van der Waals surface area contributed by atoms with Crippen LogP contribution >= 0.6 is 0 Å². The van der Waals surface area contributed by atoms with Crippen LogP contribution in [0.2, 0.25) is 0 Å². The number of pyridine rings is 1. The van der Waals surface area contributed by atoms with E-state index in [1.165, 1.54) is 0 Å². The van der Waals surface area contributed by atoms with Crippen molar-refractivity contribution >= 4 is 11.5 Å². The van der Waals surface area contributed by atoms with Gasteiger partial charge in [-0.25, -0.2) is 4.68 Å². The molecule has 0 fully saturated rings. The van der Waals surface area contributed by atoms with Crippen molar-refractivity contribution < 1.29 is 4.92 Å². The molecule has 7 heteroatoms. The van der Waals surface area contributed by atoms with E-state index < -0.39 is 0 Å². The lowest BCUT2D eigenvalue weighted by Gasteiger charge is -2.15. The van der Waals surface area contributed by atoms with Crippen LogP contribution in [0.1, 0.15) is 37.7 Å². The number of hydrogen-bond donors (Lipinski definition) is 1. The molecule has 1 unspecified atom stereocenters. The molecule has 1 atom stereocenters. The number of nitrogens with one attached hydrogen (secondary N) is 1. The molecule has 0 aliphatic rings. The summed E-state index contributed by atoms with van der Waals surface area (Å²) >= 11 is 0. The summed E-state index contributed by atoms with van der Waals surface area (Å²) in [4.78, 5) is 15.2. The van der Waals surface area contributed by atoms with Gasteiger partial charge in [0, 0.05) is 12.7 Å². The minimum atomic E-state index is -0.387. The zero-order valence-corrected chi connectivity index (χ0v) is 12.4. The van der Waals surface area contributed by atoms with E-state index >= 15 is 0 Å². The Morgan fingerprint density at radius 3 is 2.81 bits per heavy atom. The summed E-state index contributed by atoms with van der Waals surface area (Å²) < 4.78 is 1.66. The highest BCUT2D eigenvalue weighted by Gasteiger charge is 2.26. The van der Waals surface area contributed by atoms with Crippen molar-refractivity contribution in [3.05, 3.63) is 45.9 Å². The zero-order chi connectivity index (χ0) is 15.4. The first-order chi connectivity index (χ1) is 10.0. The molecule has 7 nitrogen and oxygen atoms in total. The SMILES string of the molecule is CCCn1nc(C)c([N+](=O)[O-])c1NC(C)c1ccccn1. The Bertz CT molecular complexity index is 624. The molecule has 0 bridgehead atoms.